The van der Waals surface area contributed by atoms with E-state index in [2.05, 4.69) is 37.2 Å². The third kappa shape index (κ3) is 4.71. The Bertz CT molecular complexity index is 1430. The van der Waals surface area contributed by atoms with Crippen LogP contribution in [0.2, 0.25) is 0 Å². The second-order valence-corrected chi connectivity index (χ2v) is 9.38. The van der Waals surface area contributed by atoms with Gasteiger partial charge in [0.15, 0.2) is 11.5 Å². The topological polar surface area (TPSA) is 93.9 Å². The molecular weight excluding hydrogens is 465 g/mol. The van der Waals surface area contributed by atoms with Gasteiger partial charge in [0.1, 0.15) is 0 Å². The molecule has 0 amide bonds. The molecule has 0 saturated carbocycles. The van der Waals surface area contributed by atoms with Crippen molar-refractivity contribution in [1.82, 2.24) is 19.6 Å². The summed E-state index contributed by atoms with van der Waals surface area (Å²) in [5.41, 5.74) is 9.10. The van der Waals surface area contributed by atoms with Crippen molar-refractivity contribution in [1.29, 1.82) is 0 Å². The van der Waals surface area contributed by atoms with Crippen molar-refractivity contribution >= 4 is 45.8 Å². The summed E-state index contributed by atoms with van der Waals surface area (Å²) < 4.78 is 21.9. The van der Waals surface area contributed by atoms with Crippen LogP contribution in [0.4, 0.5) is 10.1 Å². The van der Waals surface area contributed by atoms with Crippen LogP contribution in [-0.2, 0) is 4.74 Å². The maximum atomic E-state index is 14.7. The van der Waals surface area contributed by atoms with Crippen LogP contribution in [0, 0.1) is 5.82 Å². The summed E-state index contributed by atoms with van der Waals surface area (Å²) in [6.45, 7) is 1.89. The molecule has 0 atom stereocenters. The smallest absolute Gasteiger partial charge is 0.200 e. The van der Waals surface area contributed by atoms with E-state index >= 15 is 0 Å². The summed E-state index contributed by atoms with van der Waals surface area (Å²) in [4.78, 5) is 12.0. The molecule has 0 radical (unpaired) electrons. The Morgan fingerprint density at radius 2 is 2.06 bits per heavy atom. The van der Waals surface area contributed by atoms with Crippen LogP contribution in [-0.4, -0.2) is 59.1 Å². The molecule has 0 bridgehead atoms. The van der Waals surface area contributed by atoms with Crippen molar-refractivity contribution in [2.24, 2.45) is 10.7 Å². The lowest BCUT2D eigenvalue weighted by Gasteiger charge is -2.32. The lowest BCUT2D eigenvalue weighted by Crippen LogP contribution is -2.36. The Kier molecular flexibility index (Phi) is 6.65. The van der Waals surface area contributed by atoms with Gasteiger partial charge in [-0.15, -0.1) is 10.2 Å². The van der Waals surface area contributed by atoms with E-state index in [1.165, 1.54) is 24.0 Å². The molecule has 0 aliphatic carbocycles. The van der Waals surface area contributed by atoms with Crippen LogP contribution in [0.5, 0.6) is 0 Å². The SMILES string of the molecule is CN=CC(=CN)c1cc(F)c2nnc(Sc3ccc4ncc(N5CCC(OC)CC5)cc4c3)n2c1. The van der Waals surface area contributed by atoms with Crippen LogP contribution >= 0.6 is 11.8 Å². The fraction of sp³-hybridized carbons (Fsp3) is 0.280. The number of piperidine rings is 1. The van der Waals surface area contributed by atoms with E-state index < -0.39 is 5.82 Å². The van der Waals surface area contributed by atoms with Gasteiger partial charge in [-0.1, -0.05) is 0 Å². The molecule has 35 heavy (non-hydrogen) atoms. The van der Waals surface area contributed by atoms with Crippen molar-refractivity contribution in [2.75, 3.05) is 32.1 Å². The van der Waals surface area contributed by atoms with Crippen molar-refractivity contribution in [2.45, 2.75) is 29.0 Å². The van der Waals surface area contributed by atoms with E-state index in [9.17, 15) is 4.39 Å². The van der Waals surface area contributed by atoms with Gasteiger partial charge in [-0.25, -0.2) is 4.39 Å². The summed E-state index contributed by atoms with van der Waals surface area (Å²) in [6.07, 6.45) is 9.03. The molecule has 3 aromatic heterocycles. The average molecular weight is 492 g/mol. The number of halogens is 1. The molecule has 1 aliphatic rings. The maximum absolute atomic E-state index is 14.7. The van der Waals surface area contributed by atoms with Crippen molar-refractivity contribution in [3.05, 3.63) is 60.3 Å². The molecular formula is C25H26FN7OS. The van der Waals surface area contributed by atoms with Gasteiger partial charge in [0.05, 0.1) is 23.5 Å². The number of fused-ring (bicyclic) bond motifs is 2. The molecule has 8 nitrogen and oxygen atoms in total. The molecule has 4 aromatic rings. The number of methoxy groups -OCH3 is 1. The number of benzene rings is 1. The number of allylic oxidation sites excluding steroid dienone is 1. The van der Waals surface area contributed by atoms with Crippen LogP contribution in [0.3, 0.4) is 0 Å². The number of aliphatic imine (C=N–C) groups is 1. The van der Waals surface area contributed by atoms with E-state index in [4.69, 9.17) is 10.5 Å². The van der Waals surface area contributed by atoms with E-state index in [0.717, 1.165) is 47.4 Å². The minimum Gasteiger partial charge on any atom is -0.404 e. The van der Waals surface area contributed by atoms with E-state index in [1.54, 1.807) is 31.0 Å². The number of pyridine rings is 2. The molecule has 4 heterocycles. The van der Waals surface area contributed by atoms with Crippen LogP contribution in [0.15, 0.2) is 64.0 Å². The van der Waals surface area contributed by atoms with Crippen molar-refractivity contribution in [3.8, 4) is 0 Å². The highest BCUT2D eigenvalue weighted by Gasteiger charge is 2.19. The van der Waals surface area contributed by atoms with Crippen LogP contribution in [0.25, 0.3) is 22.1 Å². The number of hydrogen-bond donors (Lipinski definition) is 1. The van der Waals surface area contributed by atoms with Gasteiger partial charge in [0.25, 0.3) is 0 Å². The van der Waals surface area contributed by atoms with Gasteiger partial charge in [-0.05, 0) is 54.9 Å². The Labute approximate surface area is 206 Å². The predicted octanol–water partition coefficient (Wildman–Crippen LogP) is 4.18. The lowest BCUT2D eigenvalue weighted by atomic mass is 10.1. The second-order valence-electron chi connectivity index (χ2n) is 8.33. The lowest BCUT2D eigenvalue weighted by molar-refractivity contribution is 0.0819. The number of nitrogens with zero attached hydrogens (tertiary/aromatic N) is 6. The van der Waals surface area contributed by atoms with Gasteiger partial charge >= 0.3 is 0 Å². The normalized spacial score (nSPS) is 15.6. The number of anilines is 1. The number of hydrogen-bond acceptors (Lipinski definition) is 8. The molecule has 5 rings (SSSR count). The molecule has 180 valence electrons. The Hall–Kier alpha value is -3.50. The zero-order chi connectivity index (χ0) is 24.4. The first kappa shape index (κ1) is 23.3. The molecule has 0 unspecified atom stereocenters. The first-order valence-corrected chi connectivity index (χ1v) is 12.2. The monoisotopic (exact) mass is 491 g/mol. The summed E-state index contributed by atoms with van der Waals surface area (Å²) in [7, 11) is 3.41. The fourth-order valence-electron chi connectivity index (χ4n) is 4.30. The number of nitrogens with two attached hydrogens (primary N) is 1. The third-order valence-corrected chi connectivity index (χ3v) is 7.15. The standard InChI is InChI=1S/C25H26FN7OS/c1-28-13-18(12-27)17-11-22(26)24-30-31-25(33(24)15-17)35-21-3-4-23-16(10-21)9-19(14-29-23)32-7-5-20(34-2)6-8-32/h3-4,9-15,20H,5-8,27H2,1-2H3. The minimum atomic E-state index is -0.477. The van der Waals surface area contributed by atoms with Gasteiger partial charge < -0.3 is 15.4 Å². The van der Waals surface area contributed by atoms with Gasteiger partial charge in [0.2, 0.25) is 5.16 Å². The molecule has 0 spiro atoms. The van der Waals surface area contributed by atoms with Gasteiger partial charge in [-0.2, -0.15) is 0 Å². The van der Waals surface area contributed by atoms with Crippen molar-refractivity contribution < 1.29 is 9.13 Å². The van der Waals surface area contributed by atoms with Gasteiger partial charge in [0, 0.05) is 67.3 Å². The first-order valence-electron chi connectivity index (χ1n) is 11.3. The number of ether oxygens (including phenoxy) is 1. The molecule has 2 N–H and O–H groups in total. The average Bonchev–Trinajstić information content (AvgIpc) is 3.30. The number of rotatable bonds is 6. The molecule has 1 aliphatic heterocycles. The summed E-state index contributed by atoms with van der Waals surface area (Å²) in [6, 6.07) is 9.61. The largest absolute Gasteiger partial charge is 0.404 e. The quantitative estimate of drug-likeness (QED) is 0.404. The van der Waals surface area contributed by atoms with E-state index in [0.29, 0.717) is 22.4 Å². The summed E-state index contributed by atoms with van der Waals surface area (Å²) in [5, 5.41) is 9.85. The highest BCUT2D eigenvalue weighted by molar-refractivity contribution is 7.99. The predicted molar refractivity (Wildman–Crippen MR) is 138 cm³/mol. The zero-order valence-corrected chi connectivity index (χ0v) is 20.4. The minimum absolute atomic E-state index is 0.158. The van der Waals surface area contributed by atoms with Crippen molar-refractivity contribution in [3.63, 3.8) is 0 Å². The molecule has 1 saturated heterocycles. The van der Waals surface area contributed by atoms with Crippen LogP contribution < -0.4 is 10.6 Å². The Morgan fingerprint density at radius 1 is 1.23 bits per heavy atom. The highest BCUT2D eigenvalue weighted by atomic mass is 32.2. The first-order chi connectivity index (χ1) is 17.1. The van der Waals surface area contributed by atoms with Gasteiger partial charge in [-0.3, -0.25) is 14.4 Å². The maximum Gasteiger partial charge on any atom is 0.200 e. The number of aromatic nitrogens is 4. The third-order valence-electron chi connectivity index (χ3n) is 6.20. The fourth-order valence-corrected chi connectivity index (χ4v) is 5.16. The molecule has 10 heteroatoms. The van der Waals surface area contributed by atoms with E-state index in [-0.39, 0.29) is 5.65 Å². The highest BCUT2D eigenvalue weighted by Crippen LogP contribution is 2.32. The summed E-state index contributed by atoms with van der Waals surface area (Å²) in [5.74, 6) is -0.477. The zero-order valence-electron chi connectivity index (χ0n) is 19.6. The molecule has 1 fully saturated rings. The Morgan fingerprint density at radius 3 is 2.80 bits per heavy atom. The Balaban J connectivity index is 1.45. The summed E-state index contributed by atoms with van der Waals surface area (Å²) >= 11 is 1.41. The van der Waals surface area contributed by atoms with E-state index in [1.807, 2.05) is 18.3 Å². The molecule has 1 aromatic carbocycles. The second kappa shape index (κ2) is 10.0. The van der Waals surface area contributed by atoms with Crippen LogP contribution in [0.1, 0.15) is 18.4 Å².